The predicted octanol–water partition coefficient (Wildman–Crippen LogP) is 4.57. The summed E-state index contributed by atoms with van der Waals surface area (Å²) in [7, 11) is 0. The molecule has 0 N–H and O–H groups in total. The highest BCUT2D eigenvalue weighted by Gasteiger charge is 2.31. The lowest BCUT2D eigenvalue weighted by molar-refractivity contribution is -0.612. The third-order valence-electron chi connectivity index (χ3n) is 4.07. The summed E-state index contributed by atoms with van der Waals surface area (Å²) in [6.07, 6.45) is 0. The molecule has 6 heteroatoms. The van der Waals surface area contributed by atoms with Crippen molar-refractivity contribution in [2.45, 2.75) is 6.92 Å². The van der Waals surface area contributed by atoms with Gasteiger partial charge in [0.1, 0.15) is 4.88 Å². The van der Waals surface area contributed by atoms with Crippen LogP contribution in [-0.4, -0.2) is 0 Å². The maximum Gasteiger partial charge on any atom is 0.308 e. The minimum atomic E-state index is 0.364. The fourth-order valence-corrected chi connectivity index (χ4v) is 3.91. The standard InChI is InChI=1S/C19H13BrN2O2S/c1-12-4-9-15-16(11-12)22(24)18(13-5-7-14(20)8-6-13)19(21(15)23)17-3-2-10-25-17/h2-11H,1H3. The number of nitrogens with zero attached hydrogens (tertiary/aromatic N) is 2. The number of benzene rings is 2. The SMILES string of the molecule is Cc1ccc2c(c1)[n+]([O-])c(-c1ccc(Br)cc1)c(-c1cccs1)[n+]2[O-]. The third-order valence-corrected chi connectivity index (χ3v) is 5.48. The number of fused-ring (bicyclic) bond motifs is 1. The van der Waals surface area contributed by atoms with Gasteiger partial charge in [0.2, 0.25) is 0 Å². The van der Waals surface area contributed by atoms with Crippen LogP contribution in [0.5, 0.6) is 0 Å². The van der Waals surface area contributed by atoms with Gasteiger partial charge >= 0.3 is 5.69 Å². The lowest BCUT2D eigenvalue weighted by Gasteiger charge is -2.13. The molecule has 0 atom stereocenters. The Bertz CT molecular complexity index is 1080. The fourth-order valence-electron chi connectivity index (χ4n) is 2.89. The van der Waals surface area contributed by atoms with E-state index in [1.54, 1.807) is 12.1 Å². The molecule has 0 unspecified atom stereocenters. The maximum absolute atomic E-state index is 13.2. The quantitative estimate of drug-likeness (QED) is 0.357. The van der Waals surface area contributed by atoms with E-state index in [9.17, 15) is 10.4 Å². The molecule has 2 heterocycles. The van der Waals surface area contributed by atoms with E-state index in [0.29, 0.717) is 28.0 Å². The Morgan fingerprint density at radius 1 is 0.880 bits per heavy atom. The highest BCUT2D eigenvalue weighted by molar-refractivity contribution is 9.10. The number of hydrogen-bond acceptors (Lipinski definition) is 3. The van der Waals surface area contributed by atoms with E-state index in [1.165, 1.54) is 11.3 Å². The first-order chi connectivity index (χ1) is 12.1. The van der Waals surface area contributed by atoms with Crippen LogP contribution >= 0.6 is 27.3 Å². The highest BCUT2D eigenvalue weighted by atomic mass is 79.9. The number of aryl methyl sites for hydroxylation is 1. The molecule has 4 rings (SSSR count). The predicted molar refractivity (Wildman–Crippen MR) is 103 cm³/mol. The van der Waals surface area contributed by atoms with Gasteiger partial charge in [0.05, 0.1) is 5.56 Å². The van der Waals surface area contributed by atoms with Crippen LogP contribution in [0.3, 0.4) is 0 Å². The van der Waals surface area contributed by atoms with Crippen molar-refractivity contribution >= 4 is 38.3 Å². The first-order valence-corrected chi connectivity index (χ1v) is 9.33. The number of aromatic nitrogens is 2. The van der Waals surface area contributed by atoms with E-state index < -0.39 is 0 Å². The van der Waals surface area contributed by atoms with Crippen LogP contribution in [0.2, 0.25) is 0 Å². The van der Waals surface area contributed by atoms with Crippen molar-refractivity contribution in [1.82, 2.24) is 0 Å². The molecular formula is C19H13BrN2O2S. The molecule has 0 spiro atoms. The molecule has 124 valence electrons. The Morgan fingerprint density at radius 3 is 2.28 bits per heavy atom. The lowest BCUT2D eigenvalue weighted by Crippen LogP contribution is -2.42. The van der Waals surface area contributed by atoms with E-state index in [1.807, 2.05) is 54.8 Å². The summed E-state index contributed by atoms with van der Waals surface area (Å²) >= 11 is 4.85. The molecule has 0 amide bonds. The van der Waals surface area contributed by atoms with Crippen LogP contribution in [0.25, 0.3) is 32.9 Å². The van der Waals surface area contributed by atoms with Gasteiger partial charge in [0.25, 0.3) is 16.7 Å². The van der Waals surface area contributed by atoms with Gasteiger partial charge in [-0.15, -0.1) is 11.3 Å². The second kappa shape index (κ2) is 6.13. The zero-order valence-corrected chi connectivity index (χ0v) is 15.7. The average molecular weight is 413 g/mol. The minimum Gasteiger partial charge on any atom is -0.617 e. The molecule has 0 aliphatic rings. The van der Waals surface area contributed by atoms with Gasteiger partial charge in [-0.25, -0.2) is 0 Å². The molecule has 0 saturated heterocycles. The zero-order chi connectivity index (χ0) is 17.6. The van der Waals surface area contributed by atoms with Gasteiger partial charge in [-0.3, -0.25) is 0 Å². The van der Waals surface area contributed by atoms with E-state index in [2.05, 4.69) is 15.9 Å². The Balaban J connectivity index is 2.16. The number of rotatable bonds is 2. The topological polar surface area (TPSA) is 53.9 Å². The van der Waals surface area contributed by atoms with E-state index in [-0.39, 0.29) is 0 Å². The van der Waals surface area contributed by atoms with Gasteiger partial charge in [-0.05, 0) is 48.2 Å². The molecule has 25 heavy (non-hydrogen) atoms. The summed E-state index contributed by atoms with van der Waals surface area (Å²) in [5, 5.41) is 28.2. The second-order valence-corrected chi connectivity index (χ2v) is 7.63. The molecule has 0 aliphatic carbocycles. The van der Waals surface area contributed by atoms with E-state index in [4.69, 9.17) is 0 Å². The molecule has 0 fully saturated rings. The minimum absolute atomic E-state index is 0.364. The lowest BCUT2D eigenvalue weighted by atomic mass is 10.1. The van der Waals surface area contributed by atoms with Gasteiger partial charge in [-0.2, -0.15) is 9.46 Å². The van der Waals surface area contributed by atoms with Crippen LogP contribution in [0.4, 0.5) is 0 Å². The Hall–Kier alpha value is -2.44. The van der Waals surface area contributed by atoms with Crippen molar-refractivity contribution in [3.63, 3.8) is 0 Å². The number of halogens is 1. The Kier molecular flexibility index (Phi) is 3.94. The molecule has 2 aromatic carbocycles. The number of hydrogen-bond donors (Lipinski definition) is 0. The summed E-state index contributed by atoms with van der Waals surface area (Å²) in [5.74, 6) is 0. The monoisotopic (exact) mass is 412 g/mol. The molecule has 0 saturated carbocycles. The second-order valence-electron chi connectivity index (χ2n) is 5.76. The fraction of sp³-hybridized carbons (Fsp3) is 0.0526. The van der Waals surface area contributed by atoms with Crippen molar-refractivity contribution < 1.29 is 9.46 Å². The van der Waals surface area contributed by atoms with E-state index >= 15 is 0 Å². The van der Waals surface area contributed by atoms with Crippen LogP contribution < -0.4 is 9.46 Å². The summed E-state index contributed by atoms with van der Waals surface area (Å²) in [4.78, 5) is 0.764. The van der Waals surface area contributed by atoms with Gasteiger partial charge in [-0.1, -0.05) is 28.1 Å². The average Bonchev–Trinajstić information content (AvgIpc) is 3.13. The normalized spacial score (nSPS) is 11.1. The van der Waals surface area contributed by atoms with Crippen molar-refractivity contribution in [2.24, 2.45) is 0 Å². The van der Waals surface area contributed by atoms with Gasteiger partial charge in [0.15, 0.2) is 0 Å². The summed E-state index contributed by atoms with van der Waals surface area (Å²) in [5.41, 5.74) is 3.11. The van der Waals surface area contributed by atoms with Crippen LogP contribution in [0.1, 0.15) is 5.56 Å². The molecular weight excluding hydrogens is 400 g/mol. The molecule has 0 aliphatic heterocycles. The first kappa shape index (κ1) is 16.1. The molecule has 4 aromatic rings. The highest BCUT2D eigenvalue weighted by Crippen LogP contribution is 2.32. The Labute approximate surface area is 156 Å². The zero-order valence-electron chi connectivity index (χ0n) is 13.3. The number of thiophene rings is 1. The molecule has 0 bridgehead atoms. The Morgan fingerprint density at radius 2 is 1.60 bits per heavy atom. The molecule has 2 aromatic heterocycles. The van der Waals surface area contributed by atoms with Crippen molar-refractivity contribution in [3.05, 3.63) is 80.4 Å². The summed E-state index contributed by atoms with van der Waals surface area (Å²) < 4.78 is 2.65. The van der Waals surface area contributed by atoms with Crippen LogP contribution in [-0.2, 0) is 0 Å². The third kappa shape index (κ3) is 2.67. The van der Waals surface area contributed by atoms with Gasteiger partial charge < -0.3 is 10.4 Å². The van der Waals surface area contributed by atoms with E-state index in [0.717, 1.165) is 24.4 Å². The van der Waals surface area contributed by atoms with Crippen molar-refractivity contribution in [3.8, 4) is 21.8 Å². The summed E-state index contributed by atoms with van der Waals surface area (Å²) in [6.45, 7) is 1.90. The van der Waals surface area contributed by atoms with Gasteiger partial charge in [0, 0.05) is 16.6 Å². The molecule has 4 nitrogen and oxygen atoms in total. The largest absolute Gasteiger partial charge is 0.617 e. The van der Waals surface area contributed by atoms with Crippen molar-refractivity contribution in [1.29, 1.82) is 0 Å². The first-order valence-electron chi connectivity index (χ1n) is 7.65. The van der Waals surface area contributed by atoms with Crippen LogP contribution in [0.15, 0.2) is 64.5 Å². The smallest absolute Gasteiger partial charge is 0.308 e. The van der Waals surface area contributed by atoms with Crippen molar-refractivity contribution in [2.75, 3.05) is 0 Å². The maximum atomic E-state index is 13.2. The molecule has 0 radical (unpaired) electrons. The summed E-state index contributed by atoms with van der Waals surface area (Å²) in [6, 6.07) is 16.4. The van der Waals surface area contributed by atoms with Crippen LogP contribution in [0, 0.1) is 17.3 Å².